The van der Waals surface area contributed by atoms with Gasteiger partial charge < -0.3 is 10.4 Å². The van der Waals surface area contributed by atoms with Crippen LogP contribution in [0.1, 0.15) is 34.5 Å². The number of thioether (sulfide) groups is 1. The number of hydrogen-bond acceptors (Lipinski definition) is 3. The fourth-order valence-corrected chi connectivity index (χ4v) is 2.93. The molecule has 2 aromatic rings. The SMILES string of the molecule is CSc1ccc(C)c(C(=O)NC(c2ccccc2)C(C)C(=O)O)c1. The largest absolute Gasteiger partial charge is 0.481 e. The van der Waals surface area contributed by atoms with E-state index in [1.165, 1.54) is 0 Å². The number of aliphatic carboxylic acids is 1. The quantitative estimate of drug-likeness (QED) is 0.781. The highest BCUT2D eigenvalue weighted by Gasteiger charge is 2.27. The van der Waals surface area contributed by atoms with E-state index in [2.05, 4.69) is 5.32 Å². The van der Waals surface area contributed by atoms with E-state index in [1.807, 2.05) is 61.7 Å². The Morgan fingerprint density at radius 2 is 1.79 bits per heavy atom. The van der Waals surface area contributed by atoms with Gasteiger partial charge in [-0.05, 0) is 43.4 Å². The van der Waals surface area contributed by atoms with Crippen LogP contribution in [0.5, 0.6) is 0 Å². The zero-order valence-corrected chi connectivity index (χ0v) is 14.8. The molecule has 0 fully saturated rings. The lowest BCUT2D eigenvalue weighted by molar-refractivity contribution is -0.142. The molecule has 2 aromatic carbocycles. The molecule has 1 amide bonds. The molecule has 2 unspecified atom stereocenters. The van der Waals surface area contributed by atoms with Gasteiger partial charge in [0.2, 0.25) is 0 Å². The second-order valence-corrected chi connectivity index (χ2v) is 6.55. The molecule has 0 saturated carbocycles. The molecule has 2 atom stereocenters. The lowest BCUT2D eigenvalue weighted by atomic mass is 9.94. The van der Waals surface area contributed by atoms with Crippen LogP contribution in [0.3, 0.4) is 0 Å². The second kappa shape index (κ2) is 8.02. The predicted molar refractivity (Wildman–Crippen MR) is 96.4 cm³/mol. The minimum absolute atomic E-state index is 0.259. The third kappa shape index (κ3) is 4.17. The number of carboxylic acid groups (broad SMARTS) is 1. The summed E-state index contributed by atoms with van der Waals surface area (Å²) in [5.41, 5.74) is 2.21. The molecule has 0 aliphatic heterocycles. The van der Waals surface area contributed by atoms with E-state index < -0.39 is 17.9 Å². The van der Waals surface area contributed by atoms with E-state index in [0.29, 0.717) is 5.56 Å². The van der Waals surface area contributed by atoms with Crippen LogP contribution in [0.15, 0.2) is 53.4 Å². The van der Waals surface area contributed by atoms with E-state index in [9.17, 15) is 14.7 Å². The first-order chi connectivity index (χ1) is 11.4. The van der Waals surface area contributed by atoms with E-state index in [1.54, 1.807) is 18.7 Å². The molecule has 0 aliphatic carbocycles. The van der Waals surface area contributed by atoms with Crippen LogP contribution >= 0.6 is 11.8 Å². The second-order valence-electron chi connectivity index (χ2n) is 5.67. The summed E-state index contributed by atoms with van der Waals surface area (Å²) in [6, 6.07) is 14.3. The van der Waals surface area contributed by atoms with E-state index >= 15 is 0 Å². The molecule has 0 spiro atoms. The van der Waals surface area contributed by atoms with Crippen molar-refractivity contribution in [3.63, 3.8) is 0 Å². The first-order valence-electron chi connectivity index (χ1n) is 7.67. The van der Waals surface area contributed by atoms with Crippen LogP contribution in [-0.2, 0) is 4.79 Å². The minimum Gasteiger partial charge on any atom is -0.481 e. The summed E-state index contributed by atoms with van der Waals surface area (Å²) >= 11 is 1.56. The Bertz CT molecular complexity index is 731. The van der Waals surface area contributed by atoms with Crippen LogP contribution < -0.4 is 5.32 Å². The summed E-state index contributed by atoms with van der Waals surface area (Å²) in [5.74, 6) is -1.94. The van der Waals surface area contributed by atoms with Gasteiger partial charge in [0, 0.05) is 10.5 Å². The maximum atomic E-state index is 12.7. The van der Waals surface area contributed by atoms with Crippen LogP contribution in [-0.4, -0.2) is 23.2 Å². The zero-order chi connectivity index (χ0) is 17.7. The number of nitrogens with one attached hydrogen (secondary N) is 1. The Balaban J connectivity index is 2.33. The molecule has 5 heteroatoms. The van der Waals surface area contributed by atoms with Crippen molar-refractivity contribution in [2.45, 2.75) is 24.8 Å². The molecule has 0 heterocycles. The number of benzene rings is 2. The maximum Gasteiger partial charge on any atom is 0.308 e. The summed E-state index contributed by atoms with van der Waals surface area (Å²) < 4.78 is 0. The number of hydrogen-bond donors (Lipinski definition) is 2. The van der Waals surface area contributed by atoms with Gasteiger partial charge in [-0.1, -0.05) is 36.4 Å². The summed E-state index contributed by atoms with van der Waals surface area (Å²) in [6.07, 6.45) is 1.95. The number of carbonyl (C=O) groups is 2. The van der Waals surface area contributed by atoms with Crippen molar-refractivity contribution in [2.24, 2.45) is 5.92 Å². The van der Waals surface area contributed by atoms with Crippen molar-refractivity contribution in [3.8, 4) is 0 Å². The minimum atomic E-state index is -0.946. The van der Waals surface area contributed by atoms with Crippen molar-refractivity contribution < 1.29 is 14.7 Å². The molecule has 0 radical (unpaired) electrons. The number of aryl methyl sites for hydroxylation is 1. The zero-order valence-electron chi connectivity index (χ0n) is 13.9. The van der Waals surface area contributed by atoms with Gasteiger partial charge in [0.1, 0.15) is 0 Å². The standard InChI is InChI=1S/C19H21NO3S/c1-12-9-10-15(24-3)11-16(12)18(21)20-17(13(2)19(22)23)14-7-5-4-6-8-14/h4-11,13,17H,1-3H3,(H,20,21)(H,22,23). The van der Waals surface area contributed by atoms with Gasteiger partial charge >= 0.3 is 5.97 Å². The molecule has 126 valence electrons. The van der Waals surface area contributed by atoms with Crippen LogP contribution in [0, 0.1) is 12.8 Å². The number of carbonyl (C=O) groups excluding carboxylic acids is 1. The van der Waals surface area contributed by atoms with Crippen molar-refractivity contribution >= 4 is 23.6 Å². The lowest BCUT2D eigenvalue weighted by Gasteiger charge is -2.23. The third-order valence-corrected chi connectivity index (χ3v) is 4.75. The first-order valence-corrected chi connectivity index (χ1v) is 8.89. The Hall–Kier alpha value is -2.27. The van der Waals surface area contributed by atoms with Crippen molar-refractivity contribution in [1.29, 1.82) is 0 Å². The maximum absolute atomic E-state index is 12.7. The van der Waals surface area contributed by atoms with Crippen LogP contribution in [0.2, 0.25) is 0 Å². The van der Waals surface area contributed by atoms with Gasteiger partial charge in [0.15, 0.2) is 0 Å². The predicted octanol–water partition coefficient (Wildman–Crippen LogP) is 3.91. The molecule has 0 saturated heterocycles. The molecule has 2 N–H and O–H groups in total. The van der Waals surface area contributed by atoms with E-state index in [-0.39, 0.29) is 5.91 Å². The number of carboxylic acids is 1. The number of rotatable bonds is 6. The van der Waals surface area contributed by atoms with Crippen LogP contribution in [0.25, 0.3) is 0 Å². The molecule has 0 bridgehead atoms. The topological polar surface area (TPSA) is 66.4 Å². The lowest BCUT2D eigenvalue weighted by Crippen LogP contribution is -2.35. The van der Waals surface area contributed by atoms with Gasteiger partial charge in [0.05, 0.1) is 12.0 Å². The summed E-state index contributed by atoms with van der Waals surface area (Å²) in [5, 5.41) is 12.3. The first kappa shape index (κ1) is 18.1. The Kier molecular flexibility index (Phi) is 6.04. The molecular formula is C19H21NO3S. The van der Waals surface area contributed by atoms with Gasteiger partial charge in [-0.15, -0.1) is 11.8 Å². The highest BCUT2D eigenvalue weighted by atomic mass is 32.2. The van der Waals surface area contributed by atoms with Gasteiger partial charge in [-0.25, -0.2) is 0 Å². The highest BCUT2D eigenvalue weighted by molar-refractivity contribution is 7.98. The van der Waals surface area contributed by atoms with Crippen molar-refractivity contribution in [3.05, 3.63) is 65.2 Å². The normalized spacial score (nSPS) is 13.1. The Labute approximate surface area is 146 Å². The Morgan fingerprint density at radius 3 is 2.38 bits per heavy atom. The average molecular weight is 343 g/mol. The monoisotopic (exact) mass is 343 g/mol. The molecule has 0 aliphatic rings. The molecule has 24 heavy (non-hydrogen) atoms. The summed E-state index contributed by atoms with van der Waals surface area (Å²) in [6.45, 7) is 3.47. The highest BCUT2D eigenvalue weighted by Crippen LogP contribution is 2.24. The van der Waals surface area contributed by atoms with Crippen LogP contribution in [0.4, 0.5) is 0 Å². The summed E-state index contributed by atoms with van der Waals surface area (Å²) in [7, 11) is 0. The number of amides is 1. The fraction of sp³-hybridized carbons (Fsp3) is 0.263. The van der Waals surface area contributed by atoms with E-state index in [0.717, 1.165) is 16.0 Å². The van der Waals surface area contributed by atoms with Gasteiger partial charge in [-0.2, -0.15) is 0 Å². The average Bonchev–Trinajstić information content (AvgIpc) is 2.60. The van der Waals surface area contributed by atoms with Gasteiger partial charge in [-0.3, -0.25) is 9.59 Å². The van der Waals surface area contributed by atoms with E-state index in [4.69, 9.17) is 0 Å². The smallest absolute Gasteiger partial charge is 0.308 e. The molecule has 2 rings (SSSR count). The third-order valence-electron chi connectivity index (χ3n) is 4.02. The Morgan fingerprint density at radius 1 is 1.12 bits per heavy atom. The fourth-order valence-electron chi connectivity index (χ4n) is 2.49. The molecule has 0 aromatic heterocycles. The van der Waals surface area contributed by atoms with Crippen molar-refractivity contribution in [2.75, 3.05) is 6.26 Å². The molecular weight excluding hydrogens is 322 g/mol. The molecule has 4 nitrogen and oxygen atoms in total. The summed E-state index contributed by atoms with van der Waals surface area (Å²) in [4.78, 5) is 25.2. The van der Waals surface area contributed by atoms with Gasteiger partial charge in [0.25, 0.3) is 5.91 Å². The van der Waals surface area contributed by atoms with Crippen molar-refractivity contribution in [1.82, 2.24) is 5.32 Å².